The Balaban J connectivity index is 2.85. The van der Waals surface area contributed by atoms with Crippen LogP contribution in [-0.2, 0) is 0 Å². The summed E-state index contributed by atoms with van der Waals surface area (Å²) < 4.78 is 1.34. The van der Waals surface area contributed by atoms with Crippen LogP contribution in [0.1, 0.15) is 13.8 Å². The maximum atomic E-state index is 4.07. The highest BCUT2D eigenvalue weighted by atomic mass is 32.1. The highest BCUT2D eigenvalue weighted by Gasteiger charge is 2.03. The van der Waals surface area contributed by atoms with Gasteiger partial charge in [-0.05, 0) is 28.8 Å². The Morgan fingerprint density at radius 3 is 3.08 bits per heavy atom. The summed E-state index contributed by atoms with van der Waals surface area (Å²) in [6.07, 6.45) is 3.86. The van der Waals surface area contributed by atoms with Crippen molar-refractivity contribution in [1.82, 2.24) is 0 Å². The van der Waals surface area contributed by atoms with Crippen LogP contribution in [0.3, 0.4) is 0 Å². The number of aliphatic imine (C=N–C) groups is 1. The van der Waals surface area contributed by atoms with Crippen LogP contribution in [0.5, 0.6) is 0 Å². The zero-order valence-corrected chi connectivity index (χ0v) is 8.56. The molecule has 0 bridgehead atoms. The predicted molar refractivity (Wildman–Crippen MR) is 58.3 cm³/mol. The monoisotopic (exact) mass is 189 g/mol. The van der Waals surface area contributed by atoms with E-state index >= 15 is 0 Å². The van der Waals surface area contributed by atoms with Crippen molar-refractivity contribution in [3.8, 4) is 0 Å². The Morgan fingerprint density at radius 1 is 1.46 bits per heavy atom. The first-order valence-electron chi connectivity index (χ1n) is 4.35. The molecule has 0 radical (unpaired) electrons. The second kappa shape index (κ2) is 3.33. The first-order valence-corrected chi connectivity index (χ1v) is 5.23. The average molecular weight is 189 g/mol. The first-order chi connectivity index (χ1) is 6.29. The number of hydrogen-bond acceptors (Lipinski definition) is 2. The number of nitrogens with zero attached hydrogens (tertiary/aromatic N) is 1. The van der Waals surface area contributed by atoms with Crippen LogP contribution >= 0.6 is 11.3 Å². The lowest BCUT2D eigenvalue weighted by Gasteiger charge is -2.02. The molecule has 1 aliphatic rings. The first kappa shape index (κ1) is 8.49. The van der Waals surface area contributed by atoms with Crippen LogP contribution < -0.4 is 9.75 Å². The highest BCUT2D eigenvalue weighted by Crippen LogP contribution is 2.10. The molecule has 66 valence electrons. The van der Waals surface area contributed by atoms with E-state index in [1.54, 1.807) is 11.3 Å². The molecule has 0 spiro atoms. The fraction of sp³-hybridized carbons (Fsp3) is 0.273. The predicted octanol–water partition coefficient (Wildman–Crippen LogP) is 1.53. The third kappa shape index (κ3) is 1.51. The van der Waals surface area contributed by atoms with Crippen LogP contribution in [0, 0.1) is 5.92 Å². The summed E-state index contributed by atoms with van der Waals surface area (Å²) in [6, 6.07) is 2.10. The lowest BCUT2D eigenvalue weighted by Crippen LogP contribution is -2.21. The molecule has 2 heterocycles. The van der Waals surface area contributed by atoms with E-state index in [1.807, 2.05) is 12.3 Å². The largest absolute Gasteiger partial charge is 0.213 e. The van der Waals surface area contributed by atoms with Gasteiger partial charge < -0.3 is 0 Å². The van der Waals surface area contributed by atoms with E-state index in [0.717, 1.165) is 0 Å². The van der Waals surface area contributed by atoms with E-state index in [4.69, 9.17) is 0 Å². The molecule has 0 N–H and O–H groups in total. The van der Waals surface area contributed by atoms with Crippen LogP contribution in [-0.4, -0.2) is 5.87 Å². The molecule has 2 rings (SSSR count). The summed E-state index contributed by atoms with van der Waals surface area (Å²) in [6.45, 7) is 4.39. The Kier molecular flexibility index (Phi) is 2.17. The zero-order chi connectivity index (χ0) is 9.26. The van der Waals surface area contributed by atoms with Crippen molar-refractivity contribution in [2.24, 2.45) is 10.9 Å². The standard InChI is InChI=1S/C11H11NS/c1-8(2)10-3-5-12-7-9-4-6-13-11(9)10/h3-4,6-8H,1-2H3. The molecular weight excluding hydrogens is 178 g/mol. The fourth-order valence-corrected chi connectivity index (χ4v) is 2.40. The van der Waals surface area contributed by atoms with Gasteiger partial charge >= 0.3 is 0 Å². The highest BCUT2D eigenvalue weighted by molar-refractivity contribution is 7.07. The van der Waals surface area contributed by atoms with Crippen LogP contribution in [0.2, 0.25) is 0 Å². The van der Waals surface area contributed by atoms with E-state index in [9.17, 15) is 0 Å². The second-order valence-electron chi connectivity index (χ2n) is 3.35. The fourth-order valence-electron chi connectivity index (χ4n) is 1.36. The topological polar surface area (TPSA) is 12.4 Å². The summed E-state index contributed by atoms with van der Waals surface area (Å²) >= 11 is 1.78. The molecule has 0 fully saturated rings. The van der Waals surface area contributed by atoms with E-state index in [2.05, 4.69) is 36.2 Å². The summed E-state index contributed by atoms with van der Waals surface area (Å²) in [5, 5.41) is 3.33. The SMILES string of the molecule is CC(C)C1=c2sccc2=CN=C=C1. The summed E-state index contributed by atoms with van der Waals surface area (Å²) in [5.41, 5.74) is 1.34. The summed E-state index contributed by atoms with van der Waals surface area (Å²) in [7, 11) is 0. The third-order valence-electron chi connectivity index (χ3n) is 2.08. The van der Waals surface area contributed by atoms with Crippen molar-refractivity contribution in [2.45, 2.75) is 13.8 Å². The van der Waals surface area contributed by atoms with E-state index in [1.165, 1.54) is 15.3 Å². The normalized spacial score (nSPS) is 14.2. The average Bonchev–Trinajstić information content (AvgIpc) is 2.44. The van der Waals surface area contributed by atoms with E-state index in [0.29, 0.717) is 5.92 Å². The minimum absolute atomic E-state index is 0.534. The summed E-state index contributed by atoms with van der Waals surface area (Å²) in [5.74, 6) is 3.46. The van der Waals surface area contributed by atoms with Gasteiger partial charge in [-0.15, -0.1) is 11.3 Å². The molecule has 13 heavy (non-hydrogen) atoms. The van der Waals surface area contributed by atoms with Gasteiger partial charge in [0, 0.05) is 22.0 Å². The number of rotatable bonds is 1. The van der Waals surface area contributed by atoms with Gasteiger partial charge in [0.15, 0.2) is 0 Å². The number of thiophene rings is 1. The molecule has 1 nitrogen and oxygen atoms in total. The van der Waals surface area contributed by atoms with Gasteiger partial charge in [0.2, 0.25) is 0 Å². The van der Waals surface area contributed by atoms with Gasteiger partial charge in [-0.2, -0.15) is 0 Å². The van der Waals surface area contributed by atoms with E-state index in [-0.39, 0.29) is 0 Å². The van der Waals surface area contributed by atoms with Gasteiger partial charge in [-0.25, -0.2) is 4.99 Å². The molecule has 0 aromatic carbocycles. The minimum Gasteiger partial charge on any atom is -0.213 e. The van der Waals surface area contributed by atoms with Gasteiger partial charge in [0.1, 0.15) is 0 Å². The lowest BCUT2D eigenvalue weighted by atomic mass is 10.0. The van der Waals surface area contributed by atoms with E-state index < -0.39 is 0 Å². The molecule has 0 aliphatic carbocycles. The van der Waals surface area contributed by atoms with Crippen LogP contribution in [0.4, 0.5) is 0 Å². The Bertz CT molecular complexity index is 484. The van der Waals surface area contributed by atoms with Crippen molar-refractivity contribution in [1.29, 1.82) is 0 Å². The minimum atomic E-state index is 0.534. The van der Waals surface area contributed by atoms with Crippen LogP contribution in [0.15, 0.2) is 22.5 Å². The third-order valence-corrected chi connectivity index (χ3v) is 3.06. The Morgan fingerprint density at radius 2 is 2.31 bits per heavy atom. The van der Waals surface area contributed by atoms with Crippen molar-refractivity contribution in [3.05, 3.63) is 27.3 Å². The quantitative estimate of drug-likeness (QED) is 0.635. The molecule has 1 aromatic heterocycles. The van der Waals surface area contributed by atoms with Gasteiger partial charge in [0.05, 0.1) is 0 Å². The molecule has 0 saturated carbocycles. The number of allylic oxidation sites excluding steroid dienone is 1. The van der Waals surface area contributed by atoms with Crippen molar-refractivity contribution in [3.63, 3.8) is 0 Å². The van der Waals surface area contributed by atoms with Crippen molar-refractivity contribution < 1.29 is 0 Å². The second-order valence-corrected chi connectivity index (χ2v) is 4.26. The zero-order valence-electron chi connectivity index (χ0n) is 7.74. The Hall–Kier alpha value is -1.11. The molecule has 2 heteroatoms. The lowest BCUT2D eigenvalue weighted by molar-refractivity contribution is 0.858. The molecular formula is C11H11NS. The smallest absolute Gasteiger partial charge is 0.0455 e. The van der Waals surface area contributed by atoms with Gasteiger partial charge in [-0.3, -0.25) is 0 Å². The molecule has 1 aliphatic heterocycles. The number of hydrogen-bond donors (Lipinski definition) is 0. The van der Waals surface area contributed by atoms with Gasteiger partial charge in [-0.1, -0.05) is 13.8 Å². The molecule has 0 amide bonds. The van der Waals surface area contributed by atoms with Gasteiger partial charge in [0.25, 0.3) is 0 Å². The van der Waals surface area contributed by atoms with Crippen LogP contribution in [0.25, 0.3) is 11.8 Å². The maximum Gasteiger partial charge on any atom is 0.0455 e. The van der Waals surface area contributed by atoms with Crippen molar-refractivity contribution in [2.75, 3.05) is 0 Å². The summed E-state index contributed by atoms with van der Waals surface area (Å²) in [4.78, 5) is 4.07. The molecule has 0 unspecified atom stereocenters. The Labute approximate surface area is 81.4 Å². The maximum absolute atomic E-state index is 4.07. The molecule has 0 atom stereocenters. The molecule has 1 aromatic rings. The molecule has 0 saturated heterocycles. The number of fused-ring (bicyclic) bond motifs is 1. The van der Waals surface area contributed by atoms with Crippen molar-refractivity contribution >= 4 is 29.0 Å².